The normalized spacial score (nSPS) is 17.7. The molecule has 2 unspecified atom stereocenters. The highest BCUT2D eigenvalue weighted by Gasteiger charge is 2.35. The lowest BCUT2D eigenvalue weighted by atomic mass is 9.78. The molecule has 1 aromatic carbocycles. The van der Waals surface area contributed by atoms with E-state index in [0.29, 0.717) is 42.5 Å². The Hall–Kier alpha value is -4.02. The number of aliphatic carboxylic acids is 1. The van der Waals surface area contributed by atoms with Crippen LogP contribution in [0.1, 0.15) is 45.2 Å². The van der Waals surface area contributed by atoms with Crippen molar-refractivity contribution >= 4 is 23.4 Å². The summed E-state index contributed by atoms with van der Waals surface area (Å²) in [4.78, 5) is 32.8. The van der Waals surface area contributed by atoms with Gasteiger partial charge in [0, 0.05) is 11.3 Å². The number of carboxylic acids is 1. The van der Waals surface area contributed by atoms with Gasteiger partial charge in [0.15, 0.2) is 0 Å². The molecule has 2 heterocycles. The molecule has 11 heteroatoms. The van der Waals surface area contributed by atoms with E-state index < -0.39 is 17.8 Å². The highest BCUT2D eigenvalue weighted by atomic mass is 16.5. The molecule has 1 amide bonds. The molecule has 0 radical (unpaired) electrons. The van der Waals surface area contributed by atoms with E-state index in [-0.39, 0.29) is 12.0 Å². The lowest BCUT2D eigenvalue weighted by Crippen LogP contribution is -2.36. The number of rotatable bonds is 9. The fraction of sp³-hybridized carbons (Fsp3) is 0.417. The molecule has 1 aliphatic rings. The van der Waals surface area contributed by atoms with Gasteiger partial charge in [-0.15, -0.1) is 5.10 Å². The van der Waals surface area contributed by atoms with Crippen molar-refractivity contribution < 1.29 is 19.4 Å². The summed E-state index contributed by atoms with van der Waals surface area (Å²) in [5.74, 6) is -1.30. The minimum absolute atomic E-state index is 0.00280. The molecule has 4 rings (SSSR count). The number of benzene rings is 1. The van der Waals surface area contributed by atoms with E-state index in [1.807, 2.05) is 26.0 Å². The SMILES string of the molecule is CC(C)Oc1cncc(NCc2[nH]nnc2-c2ccc(NC(=O)C3CCCCC3C(=O)O)cc2)n1. The Balaban J connectivity index is 1.39. The number of hydrogen-bond acceptors (Lipinski definition) is 8. The van der Waals surface area contributed by atoms with Crippen LogP contribution >= 0.6 is 0 Å². The number of nitrogens with zero attached hydrogens (tertiary/aromatic N) is 4. The number of carbonyl (C=O) groups is 2. The zero-order valence-corrected chi connectivity index (χ0v) is 19.7. The standard InChI is InChI=1S/C24H29N7O4/c1-14(2)35-21-13-25-12-20(28-21)26-11-19-22(30-31-29-19)15-7-9-16(10-8-15)27-23(32)17-5-3-4-6-18(17)24(33)34/h7-10,12-14,17-18H,3-6,11H2,1-2H3,(H,26,28)(H,27,32)(H,33,34)(H,29,30,31). The molecule has 2 atom stereocenters. The Morgan fingerprint density at radius 1 is 1.14 bits per heavy atom. The van der Waals surface area contributed by atoms with Crippen molar-refractivity contribution in [1.82, 2.24) is 25.4 Å². The number of aromatic nitrogens is 5. The summed E-state index contributed by atoms with van der Waals surface area (Å²) >= 11 is 0. The molecule has 184 valence electrons. The van der Waals surface area contributed by atoms with Crippen LogP contribution < -0.4 is 15.4 Å². The molecule has 1 saturated carbocycles. The molecular weight excluding hydrogens is 450 g/mol. The van der Waals surface area contributed by atoms with Crippen LogP contribution in [0, 0.1) is 11.8 Å². The lowest BCUT2D eigenvalue weighted by Gasteiger charge is -2.27. The first-order valence-electron chi connectivity index (χ1n) is 11.7. The fourth-order valence-corrected chi connectivity index (χ4v) is 4.20. The van der Waals surface area contributed by atoms with Gasteiger partial charge in [-0.3, -0.25) is 19.7 Å². The third-order valence-corrected chi connectivity index (χ3v) is 5.88. The number of carboxylic acid groups (broad SMARTS) is 1. The molecule has 11 nitrogen and oxygen atoms in total. The van der Waals surface area contributed by atoms with Gasteiger partial charge < -0.3 is 20.5 Å². The predicted octanol–water partition coefficient (Wildman–Crippen LogP) is 3.49. The summed E-state index contributed by atoms with van der Waals surface area (Å²) in [5.41, 5.74) is 2.84. The summed E-state index contributed by atoms with van der Waals surface area (Å²) in [6.07, 6.45) is 6.00. The van der Waals surface area contributed by atoms with Gasteiger partial charge >= 0.3 is 5.97 Å². The third-order valence-electron chi connectivity index (χ3n) is 5.88. The van der Waals surface area contributed by atoms with Crippen LogP contribution in [0.3, 0.4) is 0 Å². The van der Waals surface area contributed by atoms with Crippen molar-refractivity contribution in [1.29, 1.82) is 0 Å². The van der Waals surface area contributed by atoms with Gasteiger partial charge in [0.25, 0.3) is 0 Å². The van der Waals surface area contributed by atoms with E-state index in [2.05, 4.69) is 36.0 Å². The van der Waals surface area contributed by atoms with Crippen molar-refractivity contribution in [3.05, 3.63) is 42.4 Å². The van der Waals surface area contributed by atoms with Gasteiger partial charge in [0.05, 0.1) is 42.6 Å². The number of H-pyrrole nitrogens is 1. The van der Waals surface area contributed by atoms with Crippen LogP contribution in [0.25, 0.3) is 11.3 Å². The smallest absolute Gasteiger partial charge is 0.307 e. The van der Waals surface area contributed by atoms with Gasteiger partial charge in [-0.2, -0.15) is 4.98 Å². The van der Waals surface area contributed by atoms with Gasteiger partial charge in [-0.25, -0.2) is 0 Å². The summed E-state index contributed by atoms with van der Waals surface area (Å²) in [5, 5.41) is 26.5. The Morgan fingerprint density at radius 3 is 2.60 bits per heavy atom. The molecule has 0 saturated heterocycles. The van der Waals surface area contributed by atoms with Gasteiger partial charge in [-0.1, -0.05) is 30.2 Å². The first-order chi connectivity index (χ1) is 16.9. The zero-order valence-electron chi connectivity index (χ0n) is 19.7. The Kier molecular flexibility index (Phi) is 7.54. The first kappa shape index (κ1) is 24.1. The summed E-state index contributed by atoms with van der Waals surface area (Å²) in [6.45, 7) is 4.23. The fourth-order valence-electron chi connectivity index (χ4n) is 4.20. The molecule has 2 aromatic heterocycles. The van der Waals surface area contributed by atoms with E-state index in [1.165, 1.54) is 0 Å². The number of carbonyl (C=O) groups excluding carboxylic acids is 1. The van der Waals surface area contributed by atoms with E-state index in [1.54, 1.807) is 24.5 Å². The average molecular weight is 480 g/mol. The summed E-state index contributed by atoms with van der Waals surface area (Å²) in [6, 6.07) is 7.22. The molecular formula is C24H29N7O4. The number of ether oxygens (including phenoxy) is 1. The van der Waals surface area contributed by atoms with Crippen LogP contribution in [0.15, 0.2) is 36.7 Å². The lowest BCUT2D eigenvalue weighted by molar-refractivity contribution is -0.147. The van der Waals surface area contributed by atoms with Crippen LogP contribution in [-0.2, 0) is 16.1 Å². The number of hydrogen-bond donors (Lipinski definition) is 4. The van der Waals surface area contributed by atoms with E-state index in [9.17, 15) is 14.7 Å². The van der Waals surface area contributed by atoms with Crippen molar-refractivity contribution in [2.75, 3.05) is 10.6 Å². The maximum atomic E-state index is 12.7. The molecule has 0 aliphatic heterocycles. The number of nitrogens with one attached hydrogen (secondary N) is 3. The topological polar surface area (TPSA) is 155 Å². The van der Waals surface area contributed by atoms with Crippen molar-refractivity contribution in [3.63, 3.8) is 0 Å². The van der Waals surface area contributed by atoms with Crippen molar-refractivity contribution in [2.45, 2.75) is 52.2 Å². The van der Waals surface area contributed by atoms with E-state index in [0.717, 1.165) is 24.1 Å². The summed E-state index contributed by atoms with van der Waals surface area (Å²) < 4.78 is 5.57. The average Bonchev–Trinajstić information content (AvgIpc) is 3.31. The molecule has 0 bridgehead atoms. The zero-order chi connectivity index (χ0) is 24.8. The van der Waals surface area contributed by atoms with E-state index >= 15 is 0 Å². The van der Waals surface area contributed by atoms with Gasteiger partial charge in [-0.05, 0) is 38.8 Å². The molecule has 1 fully saturated rings. The number of anilines is 2. The molecule has 0 spiro atoms. The van der Waals surface area contributed by atoms with Gasteiger partial charge in [0.2, 0.25) is 11.8 Å². The Morgan fingerprint density at radius 2 is 1.89 bits per heavy atom. The molecule has 1 aliphatic carbocycles. The predicted molar refractivity (Wildman–Crippen MR) is 129 cm³/mol. The highest BCUT2D eigenvalue weighted by molar-refractivity contribution is 5.95. The van der Waals surface area contributed by atoms with Crippen molar-refractivity contribution in [3.8, 4) is 17.1 Å². The summed E-state index contributed by atoms with van der Waals surface area (Å²) in [7, 11) is 0. The Labute approximate surface area is 202 Å². The van der Waals surface area contributed by atoms with Crippen LogP contribution in [-0.4, -0.2) is 48.5 Å². The van der Waals surface area contributed by atoms with Crippen LogP contribution in [0.5, 0.6) is 5.88 Å². The molecule has 35 heavy (non-hydrogen) atoms. The number of aromatic amines is 1. The Bertz CT molecular complexity index is 1160. The second kappa shape index (κ2) is 10.9. The van der Waals surface area contributed by atoms with E-state index in [4.69, 9.17) is 4.74 Å². The third kappa shape index (κ3) is 6.11. The van der Waals surface area contributed by atoms with Crippen LogP contribution in [0.4, 0.5) is 11.5 Å². The maximum Gasteiger partial charge on any atom is 0.307 e. The van der Waals surface area contributed by atoms with Crippen molar-refractivity contribution in [2.24, 2.45) is 11.8 Å². The quantitative estimate of drug-likeness (QED) is 0.361. The second-order valence-corrected chi connectivity index (χ2v) is 8.80. The monoisotopic (exact) mass is 479 g/mol. The second-order valence-electron chi connectivity index (χ2n) is 8.80. The largest absolute Gasteiger partial charge is 0.481 e. The number of amides is 1. The molecule has 4 N–H and O–H groups in total. The highest BCUT2D eigenvalue weighted by Crippen LogP contribution is 2.31. The minimum atomic E-state index is -0.905. The van der Waals surface area contributed by atoms with Gasteiger partial charge in [0.1, 0.15) is 11.5 Å². The first-order valence-corrected chi connectivity index (χ1v) is 11.7. The van der Waals surface area contributed by atoms with Crippen LogP contribution in [0.2, 0.25) is 0 Å². The maximum absolute atomic E-state index is 12.7. The minimum Gasteiger partial charge on any atom is -0.481 e. The molecule has 3 aromatic rings.